The van der Waals surface area contributed by atoms with Crippen LogP contribution in [0.15, 0.2) is 18.2 Å². The van der Waals surface area contributed by atoms with Gasteiger partial charge in [-0.25, -0.2) is 12.8 Å². The fourth-order valence-corrected chi connectivity index (χ4v) is 6.76. The highest BCUT2D eigenvalue weighted by atomic mass is 32.2. The van der Waals surface area contributed by atoms with E-state index in [-0.39, 0.29) is 41.2 Å². The predicted molar refractivity (Wildman–Crippen MR) is 122 cm³/mol. The van der Waals surface area contributed by atoms with Crippen molar-refractivity contribution in [1.29, 1.82) is 0 Å². The molecule has 1 N–H and O–H groups in total. The Morgan fingerprint density at radius 2 is 2.00 bits per heavy atom. The molecule has 2 unspecified atom stereocenters. The summed E-state index contributed by atoms with van der Waals surface area (Å²) < 4.78 is 47.8. The lowest BCUT2D eigenvalue weighted by atomic mass is 9.92. The number of carbonyl (C=O) groups is 2. The first-order valence-electron chi connectivity index (χ1n) is 12.0. The zero-order valence-electron chi connectivity index (χ0n) is 19.1. The van der Waals surface area contributed by atoms with Crippen molar-refractivity contribution in [2.24, 2.45) is 11.8 Å². The molecular formula is C24H33FN2O5S. The molecule has 0 bridgehead atoms. The van der Waals surface area contributed by atoms with E-state index in [1.54, 1.807) is 16.4 Å². The maximum Gasteiger partial charge on any atom is 0.229 e. The Bertz CT molecular complexity index is 995. The summed E-state index contributed by atoms with van der Waals surface area (Å²) in [5, 5.41) is 2.32. The van der Waals surface area contributed by atoms with Gasteiger partial charge < -0.3 is 4.74 Å². The third-order valence-electron chi connectivity index (χ3n) is 7.14. The molecule has 1 aromatic rings. The first-order valence-corrected chi connectivity index (χ1v) is 13.6. The zero-order valence-corrected chi connectivity index (χ0v) is 19.9. The Morgan fingerprint density at radius 3 is 2.73 bits per heavy atom. The molecule has 9 heteroatoms. The molecule has 3 atom stereocenters. The number of amides is 2. The maximum atomic E-state index is 14.2. The third kappa shape index (κ3) is 5.93. The summed E-state index contributed by atoms with van der Waals surface area (Å²) >= 11 is 0. The Labute approximate surface area is 195 Å². The summed E-state index contributed by atoms with van der Waals surface area (Å²) in [7, 11) is -3.49. The number of nitrogens with one attached hydrogen (secondary N) is 1. The maximum absolute atomic E-state index is 14.2. The topological polar surface area (TPSA) is 92.8 Å². The van der Waals surface area contributed by atoms with Crippen molar-refractivity contribution in [2.45, 2.75) is 70.3 Å². The molecule has 1 aliphatic carbocycles. The van der Waals surface area contributed by atoms with Gasteiger partial charge in [-0.2, -0.15) is 4.31 Å². The first kappa shape index (κ1) is 24.1. The number of imide groups is 1. The van der Waals surface area contributed by atoms with Gasteiger partial charge in [0.05, 0.1) is 12.4 Å². The van der Waals surface area contributed by atoms with Crippen molar-refractivity contribution < 1.29 is 27.1 Å². The SMILES string of the molecule is C[C@H](c1ccc(F)c(OCC2CC2)c1)C1CCCN1S(=O)(=O)CCCC1CCC(=O)NC1=O. The molecular weight excluding hydrogens is 447 g/mol. The summed E-state index contributed by atoms with van der Waals surface area (Å²) in [6, 6.07) is 4.65. The normalized spacial score (nSPS) is 25.2. The molecule has 33 heavy (non-hydrogen) atoms. The van der Waals surface area contributed by atoms with E-state index < -0.39 is 15.8 Å². The molecule has 0 spiro atoms. The van der Waals surface area contributed by atoms with Crippen LogP contribution in [0.5, 0.6) is 5.75 Å². The van der Waals surface area contributed by atoms with Gasteiger partial charge in [0.25, 0.3) is 0 Å². The summed E-state index contributed by atoms with van der Waals surface area (Å²) in [4.78, 5) is 23.2. The standard InChI is InChI=1S/C24H33FN2O5S/c1-16(19-8-10-20(25)22(14-19)32-15-17-6-7-17)21-5-2-12-27(21)33(30,31)13-3-4-18-9-11-23(28)26-24(18)29/h8,10,14,16-18,21H,2-7,9,11-13,15H2,1H3,(H,26,28,29)/t16-,18?,21?/m1/s1. The first-order chi connectivity index (χ1) is 15.7. The second kappa shape index (κ2) is 10.1. The fourth-order valence-electron chi connectivity index (χ4n) is 4.88. The Kier molecular flexibility index (Phi) is 7.38. The van der Waals surface area contributed by atoms with Gasteiger partial charge in [0.15, 0.2) is 11.6 Å². The minimum atomic E-state index is -3.49. The molecule has 1 aromatic carbocycles. The quantitative estimate of drug-likeness (QED) is 0.519. The van der Waals surface area contributed by atoms with Gasteiger partial charge in [0.1, 0.15) is 0 Å². The number of halogens is 1. The van der Waals surface area contributed by atoms with Crippen LogP contribution in [0.2, 0.25) is 0 Å². The van der Waals surface area contributed by atoms with E-state index >= 15 is 0 Å². The number of sulfonamides is 1. The average Bonchev–Trinajstić information content (AvgIpc) is 3.46. The molecule has 0 radical (unpaired) electrons. The Balaban J connectivity index is 1.37. The number of carbonyl (C=O) groups excluding carboxylic acids is 2. The van der Waals surface area contributed by atoms with Crippen LogP contribution < -0.4 is 10.1 Å². The summed E-state index contributed by atoms with van der Waals surface area (Å²) in [5.74, 6) is -0.625. The largest absolute Gasteiger partial charge is 0.490 e. The molecule has 1 saturated carbocycles. The van der Waals surface area contributed by atoms with Gasteiger partial charge in [-0.3, -0.25) is 14.9 Å². The van der Waals surface area contributed by atoms with E-state index in [2.05, 4.69) is 5.32 Å². The third-order valence-corrected chi connectivity index (χ3v) is 9.12. The van der Waals surface area contributed by atoms with Crippen LogP contribution in [0, 0.1) is 17.7 Å². The number of piperidine rings is 1. The van der Waals surface area contributed by atoms with E-state index in [0.29, 0.717) is 44.8 Å². The van der Waals surface area contributed by atoms with Crippen LogP contribution in [0.3, 0.4) is 0 Å². The number of hydrogen-bond acceptors (Lipinski definition) is 5. The highest BCUT2D eigenvalue weighted by molar-refractivity contribution is 7.89. The second-order valence-corrected chi connectivity index (χ2v) is 11.7. The molecule has 182 valence electrons. The number of benzene rings is 1. The molecule has 3 aliphatic rings. The van der Waals surface area contributed by atoms with Crippen LogP contribution in [0.25, 0.3) is 0 Å². The van der Waals surface area contributed by atoms with Crippen molar-refractivity contribution in [3.05, 3.63) is 29.6 Å². The van der Waals surface area contributed by atoms with Gasteiger partial charge in [-0.1, -0.05) is 13.0 Å². The molecule has 0 aromatic heterocycles. The number of hydrogen-bond donors (Lipinski definition) is 1. The number of nitrogens with zero attached hydrogens (tertiary/aromatic N) is 1. The van der Waals surface area contributed by atoms with Gasteiger partial charge in [0, 0.05) is 24.9 Å². The minimum absolute atomic E-state index is 0.0207. The summed E-state index contributed by atoms with van der Waals surface area (Å²) in [6.45, 7) is 2.98. The van der Waals surface area contributed by atoms with Crippen LogP contribution in [0.1, 0.15) is 69.8 Å². The van der Waals surface area contributed by atoms with E-state index in [9.17, 15) is 22.4 Å². The number of ether oxygens (including phenoxy) is 1. The van der Waals surface area contributed by atoms with Crippen LogP contribution in [-0.4, -0.2) is 49.5 Å². The van der Waals surface area contributed by atoms with Crippen LogP contribution >= 0.6 is 0 Å². The van der Waals surface area contributed by atoms with Crippen molar-refractivity contribution in [3.8, 4) is 5.75 Å². The number of rotatable bonds is 10. The van der Waals surface area contributed by atoms with E-state index in [4.69, 9.17) is 4.74 Å². The molecule has 3 fully saturated rings. The highest BCUT2D eigenvalue weighted by Gasteiger charge is 2.38. The lowest BCUT2D eigenvalue weighted by molar-refractivity contribution is -0.136. The summed E-state index contributed by atoms with van der Waals surface area (Å²) in [5.41, 5.74) is 0.873. The zero-order chi connectivity index (χ0) is 23.6. The van der Waals surface area contributed by atoms with Gasteiger partial charge in [-0.05, 0) is 74.5 Å². The molecule has 7 nitrogen and oxygen atoms in total. The van der Waals surface area contributed by atoms with E-state index in [1.807, 2.05) is 6.92 Å². The Morgan fingerprint density at radius 1 is 1.21 bits per heavy atom. The molecule has 2 aliphatic heterocycles. The smallest absolute Gasteiger partial charge is 0.229 e. The minimum Gasteiger partial charge on any atom is -0.490 e. The lowest BCUT2D eigenvalue weighted by Crippen LogP contribution is -2.41. The fraction of sp³-hybridized carbons (Fsp3) is 0.667. The van der Waals surface area contributed by atoms with Gasteiger partial charge >= 0.3 is 0 Å². The second-order valence-electron chi connectivity index (χ2n) is 9.66. The lowest BCUT2D eigenvalue weighted by Gasteiger charge is -2.30. The van der Waals surface area contributed by atoms with Gasteiger partial charge in [-0.15, -0.1) is 0 Å². The van der Waals surface area contributed by atoms with Crippen molar-refractivity contribution in [3.63, 3.8) is 0 Å². The van der Waals surface area contributed by atoms with E-state index in [0.717, 1.165) is 31.2 Å². The molecule has 4 rings (SSSR count). The van der Waals surface area contributed by atoms with Crippen LogP contribution in [0.4, 0.5) is 4.39 Å². The highest BCUT2D eigenvalue weighted by Crippen LogP contribution is 2.36. The van der Waals surface area contributed by atoms with Crippen molar-refractivity contribution in [1.82, 2.24) is 9.62 Å². The Hall–Kier alpha value is -2.00. The van der Waals surface area contributed by atoms with E-state index in [1.165, 1.54) is 6.07 Å². The van der Waals surface area contributed by atoms with Crippen LogP contribution in [-0.2, 0) is 19.6 Å². The summed E-state index contributed by atoms with van der Waals surface area (Å²) in [6.07, 6.45) is 5.39. The molecule has 2 amide bonds. The van der Waals surface area contributed by atoms with Crippen molar-refractivity contribution >= 4 is 21.8 Å². The molecule has 2 heterocycles. The van der Waals surface area contributed by atoms with Crippen molar-refractivity contribution in [2.75, 3.05) is 18.9 Å². The average molecular weight is 481 g/mol. The molecule has 2 saturated heterocycles. The predicted octanol–water partition coefficient (Wildman–Crippen LogP) is 3.35. The van der Waals surface area contributed by atoms with Gasteiger partial charge in [0.2, 0.25) is 21.8 Å². The monoisotopic (exact) mass is 480 g/mol.